The van der Waals surface area contributed by atoms with Crippen LogP contribution in [-0.2, 0) is 14.3 Å². The zero-order valence-electron chi connectivity index (χ0n) is 15.7. The normalized spacial score (nSPS) is 17.9. The van der Waals surface area contributed by atoms with Crippen molar-refractivity contribution in [1.29, 1.82) is 0 Å². The van der Waals surface area contributed by atoms with Crippen molar-refractivity contribution < 1.29 is 23.5 Å². The lowest BCUT2D eigenvalue weighted by Gasteiger charge is -2.28. The lowest BCUT2D eigenvalue weighted by atomic mass is 10.2. The molecule has 9 heteroatoms. The van der Waals surface area contributed by atoms with Gasteiger partial charge < -0.3 is 10.1 Å². The van der Waals surface area contributed by atoms with E-state index in [4.69, 9.17) is 0 Å². The third-order valence-corrected chi connectivity index (χ3v) is 5.43. The Labute approximate surface area is 170 Å². The fourth-order valence-electron chi connectivity index (χ4n) is 2.55. The van der Waals surface area contributed by atoms with Gasteiger partial charge in [0.1, 0.15) is 11.1 Å². The molecule has 1 heterocycles. The molecular formula is C20H18FN3O4S. The van der Waals surface area contributed by atoms with Crippen LogP contribution >= 0.6 is 11.8 Å². The maximum atomic E-state index is 13.0. The van der Waals surface area contributed by atoms with Crippen LogP contribution in [0.4, 0.5) is 15.8 Å². The summed E-state index contributed by atoms with van der Waals surface area (Å²) in [6.07, 6.45) is 0.0223. The second kappa shape index (κ2) is 8.87. The predicted octanol–water partition coefficient (Wildman–Crippen LogP) is 3.20. The number of hydrogen-bond acceptors (Lipinski definition) is 6. The quantitative estimate of drug-likeness (QED) is 0.775. The van der Waals surface area contributed by atoms with Gasteiger partial charge in [0.15, 0.2) is 5.17 Å². The molecule has 150 valence electrons. The first-order valence-corrected chi connectivity index (χ1v) is 9.52. The van der Waals surface area contributed by atoms with Gasteiger partial charge in [0, 0.05) is 19.2 Å². The van der Waals surface area contributed by atoms with E-state index in [1.807, 2.05) is 0 Å². The van der Waals surface area contributed by atoms with Gasteiger partial charge in [-0.25, -0.2) is 14.2 Å². The van der Waals surface area contributed by atoms with Crippen molar-refractivity contribution in [3.05, 3.63) is 59.9 Å². The molecule has 0 aromatic heterocycles. The summed E-state index contributed by atoms with van der Waals surface area (Å²) < 4.78 is 17.7. The molecule has 0 unspecified atom stereocenters. The zero-order valence-corrected chi connectivity index (χ0v) is 16.5. The first-order valence-electron chi connectivity index (χ1n) is 8.64. The zero-order chi connectivity index (χ0) is 21.0. The number of rotatable bonds is 4. The highest BCUT2D eigenvalue weighted by Gasteiger charge is 2.34. The minimum atomic E-state index is -0.670. The number of hydrogen-bond donors (Lipinski definition) is 1. The molecule has 1 aliphatic heterocycles. The molecule has 0 saturated carbocycles. The molecule has 1 atom stereocenters. The number of methoxy groups -OCH3 is 1. The van der Waals surface area contributed by atoms with Crippen molar-refractivity contribution in [3.63, 3.8) is 0 Å². The summed E-state index contributed by atoms with van der Waals surface area (Å²) in [5.41, 5.74) is 1.35. The molecule has 2 aromatic rings. The Morgan fingerprint density at radius 3 is 2.45 bits per heavy atom. The molecule has 29 heavy (non-hydrogen) atoms. The van der Waals surface area contributed by atoms with Crippen molar-refractivity contribution in [2.45, 2.75) is 11.7 Å². The van der Waals surface area contributed by atoms with Gasteiger partial charge in [-0.05, 0) is 48.5 Å². The lowest BCUT2D eigenvalue weighted by molar-refractivity contribution is -0.128. The van der Waals surface area contributed by atoms with Gasteiger partial charge in [-0.3, -0.25) is 14.5 Å². The van der Waals surface area contributed by atoms with E-state index < -0.39 is 17.0 Å². The number of thioether (sulfide) groups is 1. The number of carbonyl (C=O) groups excluding carboxylic acids is 3. The second-order valence-electron chi connectivity index (χ2n) is 6.19. The average molecular weight is 415 g/mol. The number of aliphatic imine (C=N–C) groups is 1. The summed E-state index contributed by atoms with van der Waals surface area (Å²) in [5, 5.41) is 2.38. The first kappa shape index (κ1) is 20.5. The molecule has 0 bridgehead atoms. The molecule has 1 N–H and O–H groups in total. The van der Waals surface area contributed by atoms with E-state index in [1.165, 1.54) is 36.3 Å². The molecule has 2 amide bonds. The van der Waals surface area contributed by atoms with Gasteiger partial charge in [0.25, 0.3) is 0 Å². The maximum absolute atomic E-state index is 13.0. The van der Waals surface area contributed by atoms with Crippen molar-refractivity contribution in [1.82, 2.24) is 4.90 Å². The number of amidine groups is 1. The van der Waals surface area contributed by atoms with E-state index in [1.54, 1.807) is 31.3 Å². The van der Waals surface area contributed by atoms with Gasteiger partial charge in [-0.1, -0.05) is 11.8 Å². The largest absolute Gasteiger partial charge is 0.465 e. The van der Waals surface area contributed by atoms with E-state index in [9.17, 15) is 18.8 Å². The van der Waals surface area contributed by atoms with Crippen molar-refractivity contribution in [2.24, 2.45) is 4.99 Å². The van der Waals surface area contributed by atoms with E-state index in [0.29, 0.717) is 22.1 Å². The molecule has 0 radical (unpaired) electrons. The van der Waals surface area contributed by atoms with Crippen LogP contribution in [0.25, 0.3) is 0 Å². The number of halogens is 1. The highest BCUT2D eigenvalue weighted by atomic mass is 32.2. The number of anilines is 1. The Kier molecular flexibility index (Phi) is 6.28. The van der Waals surface area contributed by atoms with E-state index in [2.05, 4.69) is 15.0 Å². The highest BCUT2D eigenvalue weighted by Crippen LogP contribution is 2.29. The van der Waals surface area contributed by atoms with Crippen LogP contribution in [0.1, 0.15) is 16.8 Å². The molecule has 1 fully saturated rings. The summed E-state index contributed by atoms with van der Waals surface area (Å²) in [5.74, 6) is -1.47. The van der Waals surface area contributed by atoms with Crippen LogP contribution in [0.3, 0.4) is 0 Å². The third-order valence-electron chi connectivity index (χ3n) is 4.19. The van der Waals surface area contributed by atoms with E-state index in [0.717, 1.165) is 11.8 Å². The number of esters is 1. The Morgan fingerprint density at radius 2 is 1.83 bits per heavy atom. The fraction of sp³-hybridized carbons (Fsp3) is 0.200. The lowest BCUT2D eigenvalue weighted by Crippen LogP contribution is -2.43. The molecule has 7 nitrogen and oxygen atoms in total. The Morgan fingerprint density at radius 1 is 1.17 bits per heavy atom. The SMILES string of the molecule is COC(=O)c1ccc(N=C2S[C@H](C(=O)Nc3ccc(F)cc3)CC(=O)N2C)cc1. The Balaban J connectivity index is 1.75. The Hall–Kier alpha value is -3.20. The van der Waals surface area contributed by atoms with Gasteiger partial charge in [0.2, 0.25) is 11.8 Å². The van der Waals surface area contributed by atoms with Gasteiger partial charge in [-0.15, -0.1) is 0 Å². The number of nitrogens with one attached hydrogen (secondary N) is 1. The molecule has 1 saturated heterocycles. The van der Waals surface area contributed by atoms with Crippen LogP contribution < -0.4 is 5.32 Å². The molecular weight excluding hydrogens is 397 g/mol. The summed E-state index contributed by atoms with van der Waals surface area (Å²) >= 11 is 1.16. The topological polar surface area (TPSA) is 88.1 Å². The van der Waals surface area contributed by atoms with Crippen molar-refractivity contribution in [3.8, 4) is 0 Å². The van der Waals surface area contributed by atoms with Gasteiger partial charge in [0.05, 0.1) is 18.4 Å². The number of nitrogens with zero attached hydrogens (tertiary/aromatic N) is 2. The Bertz CT molecular complexity index is 961. The van der Waals surface area contributed by atoms with Crippen molar-refractivity contribution in [2.75, 3.05) is 19.5 Å². The maximum Gasteiger partial charge on any atom is 0.337 e. The average Bonchev–Trinajstić information content (AvgIpc) is 2.72. The van der Waals surface area contributed by atoms with Gasteiger partial charge >= 0.3 is 5.97 Å². The molecule has 0 aliphatic carbocycles. The second-order valence-corrected chi connectivity index (χ2v) is 7.36. The molecule has 1 aliphatic rings. The van der Waals surface area contributed by atoms with Crippen LogP contribution in [0.15, 0.2) is 53.5 Å². The summed E-state index contributed by atoms with van der Waals surface area (Å²) in [6, 6.07) is 11.8. The molecule has 0 spiro atoms. The number of ether oxygens (including phenoxy) is 1. The standard InChI is InChI=1S/C20H18FN3O4S/c1-24-17(25)11-16(18(26)22-14-9-5-13(21)6-10-14)29-20(24)23-15-7-3-12(4-8-15)19(27)28-2/h3-10,16H,11H2,1-2H3,(H,22,26)/t16-/m0/s1. The van der Waals surface area contributed by atoms with E-state index >= 15 is 0 Å². The highest BCUT2D eigenvalue weighted by molar-refractivity contribution is 8.15. The van der Waals surface area contributed by atoms with Crippen LogP contribution in [-0.4, -0.2) is 47.3 Å². The molecule has 2 aromatic carbocycles. The monoisotopic (exact) mass is 415 g/mol. The van der Waals surface area contributed by atoms with Crippen LogP contribution in [0, 0.1) is 5.82 Å². The number of benzene rings is 2. The minimum absolute atomic E-state index is 0.0223. The summed E-state index contributed by atoms with van der Waals surface area (Å²) in [4.78, 5) is 42.2. The number of amides is 2. The number of carbonyl (C=O) groups is 3. The summed E-state index contributed by atoms with van der Waals surface area (Å²) in [7, 11) is 2.89. The van der Waals surface area contributed by atoms with Crippen molar-refractivity contribution >= 4 is 46.1 Å². The van der Waals surface area contributed by atoms with E-state index in [-0.39, 0.29) is 18.2 Å². The fourth-order valence-corrected chi connectivity index (χ4v) is 3.62. The smallest absolute Gasteiger partial charge is 0.337 e. The third kappa shape index (κ3) is 5.00. The van der Waals surface area contributed by atoms with Gasteiger partial charge in [-0.2, -0.15) is 0 Å². The predicted molar refractivity (Wildman–Crippen MR) is 109 cm³/mol. The van der Waals surface area contributed by atoms with Crippen LogP contribution in [0.5, 0.6) is 0 Å². The minimum Gasteiger partial charge on any atom is -0.465 e. The molecule has 3 rings (SSSR count). The first-order chi connectivity index (χ1) is 13.9. The summed E-state index contributed by atoms with van der Waals surface area (Å²) in [6.45, 7) is 0. The van der Waals surface area contributed by atoms with Crippen LogP contribution in [0.2, 0.25) is 0 Å².